The summed E-state index contributed by atoms with van der Waals surface area (Å²) >= 11 is 0. The molecule has 2 N–H and O–H groups in total. The highest BCUT2D eigenvalue weighted by Gasteiger charge is 2.22. The second kappa shape index (κ2) is 5.23. The zero-order valence-corrected chi connectivity index (χ0v) is 9.25. The van der Waals surface area contributed by atoms with Crippen molar-refractivity contribution in [1.29, 1.82) is 0 Å². The van der Waals surface area contributed by atoms with E-state index >= 15 is 0 Å². The van der Waals surface area contributed by atoms with Gasteiger partial charge in [0.05, 0.1) is 6.04 Å². The third kappa shape index (κ3) is 3.00. The molecule has 1 amide bonds. The predicted molar refractivity (Wildman–Crippen MR) is 61.1 cm³/mol. The van der Waals surface area contributed by atoms with Gasteiger partial charge < -0.3 is 10.6 Å². The van der Waals surface area contributed by atoms with Gasteiger partial charge in [-0.1, -0.05) is 12.1 Å². The Morgan fingerprint density at radius 3 is 2.94 bits per heavy atom. The molecule has 0 saturated carbocycles. The molecule has 2 rings (SSSR count). The fourth-order valence-electron chi connectivity index (χ4n) is 1.89. The van der Waals surface area contributed by atoms with Gasteiger partial charge in [0.25, 0.3) is 6.43 Å². The number of hydrogen-bond acceptors (Lipinski definition) is 2. The second-order valence-corrected chi connectivity index (χ2v) is 4.06. The van der Waals surface area contributed by atoms with Gasteiger partial charge in [0.2, 0.25) is 5.91 Å². The highest BCUT2D eigenvalue weighted by atomic mass is 19.3. The van der Waals surface area contributed by atoms with Crippen molar-refractivity contribution >= 4 is 11.6 Å². The Hall–Kier alpha value is -1.49. The normalized spacial score (nSPS) is 19.6. The second-order valence-electron chi connectivity index (χ2n) is 4.06. The molecule has 1 aliphatic heterocycles. The molecule has 1 saturated heterocycles. The van der Waals surface area contributed by atoms with Crippen LogP contribution in [0.25, 0.3) is 0 Å². The maximum Gasteiger partial charge on any atom is 0.263 e. The van der Waals surface area contributed by atoms with Crippen LogP contribution < -0.4 is 10.6 Å². The van der Waals surface area contributed by atoms with Gasteiger partial charge in [-0.3, -0.25) is 4.79 Å². The highest BCUT2D eigenvalue weighted by Crippen LogP contribution is 2.22. The molecule has 1 fully saturated rings. The molecule has 0 aliphatic carbocycles. The van der Waals surface area contributed by atoms with Crippen LogP contribution in [0.2, 0.25) is 0 Å². The number of carbonyl (C=O) groups excluding carboxylic acids is 1. The predicted octanol–water partition coefficient (Wildman–Crippen LogP) is 2.31. The maximum absolute atomic E-state index is 12.5. The molecule has 0 aromatic heterocycles. The van der Waals surface area contributed by atoms with Gasteiger partial charge in [-0.25, -0.2) is 8.78 Å². The Morgan fingerprint density at radius 1 is 1.47 bits per heavy atom. The number of halogens is 2. The fraction of sp³-hybridized carbons (Fsp3) is 0.417. The molecule has 1 atom stereocenters. The lowest BCUT2D eigenvalue weighted by Crippen LogP contribution is -2.35. The summed E-state index contributed by atoms with van der Waals surface area (Å²) in [5.41, 5.74) is 0.337. The minimum Gasteiger partial charge on any atom is -0.325 e. The largest absolute Gasteiger partial charge is 0.325 e. The molecule has 1 aromatic rings. The Bertz CT molecular complexity index is 403. The van der Waals surface area contributed by atoms with Crippen molar-refractivity contribution in [3.05, 3.63) is 29.8 Å². The maximum atomic E-state index is 12.5. The first-order chi connectivity index (χ1) is 8.16. The van der Waals surface area contributed by atoms with Crippen LogP contribution in [0, 0.1) is 0 Å². The number of amides is 1. The van der Waals surface area contributed by atoms with Gasteiger partial charge in [0, 0.05) is 11.3 Å². The van der Waals surface area contributed by atoms with E-state index in [1.54, 1.807) is 6.07 Å². The van der Waals surface area contributed by atoms with E-state index in [1.807, 2.05) is 0 Å². The van der Waals surface area contributed by atoms with Crippen molar-refractivity contribution in [2.75, 3.05) is 11.9 Å². The number of hydrogen-bond donors (Lipinski definition) is 2. The Kier molecular flexibility index (Phi) is 3.68. The van der Waals surface area contributed by atoms with Gasteiger partial charge in [-0.15, -0.1) is 0 Å². The zero-order chi connectivity index (χ0) is 12.3. The van der Waals surface area contributed by atoms with E-state index < -0.39 is 6.43 Å². The van der Waals surface area contributed by atoms with Gasteiger partial charge in [-0.05, 0) is 31.5 Å². The number of anilines is 1. The summed E-state index contributed by atoms with van der Waals surface area (Å²) in [6.45, 7) is 0.829. The number of nitrogens with one attached hydrogen (secondary N) is 2. The van der Waals surface area contributed by atoms with Crippen molar-refractivity contribution in [3.63, 3.8) is 0 Å². The first-order valence-corrected chi connectivity index (χ1v) is 5.59. The quantitative estimate of drug-likeness (QED) is 0.851. The molecule has 0 radical (unpaired) electrons. The van der Waals surface area contributed by atoms with E-state index in [2.05, 4.69) is 10.6 Å². The summed E-state index contributed by atoms with van der Waals surface area (Å²) in [5, 5.41) is 5.70. The Labute approximate surface area is 98.2 Å². The number of carbonyl (C=O) groups is 1. The summed E-state index contributed by atoms with van der Waals surface area (Å²) in [7, 11) is 0. The third-order valence-corrected chi connectivity index (χ3v) is 2.78. The Balaban J connectivity index is 2.02. The summed E-state index contributed by atoms with van der Waals surface area (Å²) in [6.07, 6.45) is -0.758. The summed E-state index contributed by atoms with van der Waals surface area (Å²) < 4.78 is 24.9. The van der Waals surface area contributed by atoms with Gasteiger partial charge in [0.1, 0.15) is 0 Å². The molecule has 0 bridgehead atoms. The summed E-state index contributed by atoms with van der Waals surface area (Å²) in [5.74, 6) is -0.158. The minimum absolute atomic E-state index is 0.0813. The van der Waals surface area contributed by atoms with Crippen molar-refractivity contribution in [1.82, 2.24) is 5.32 Å². The first-order valence-electron chi connectivity index (χ1n) is 5.59. The molecule has 1 unspecified atom stereocenters. The average Bonchev–Trinajstić information content (AvgIpc) is 2.82. The topological polar surface area (TPSA) is 41.1 Å². The molecular formula is C12H14F2N2O. The summed E-state index contributed by atoms with van der Waals surface area (Å²) in [6, 6.07) is 5.56. The lowest BCUT2D eigenvalue weighted by molar-refractivity contribution is -0.117. The van der Waals surface area contributed by atoms with Crippen LogP contribution in [-0.2, 0) is 4.79 Å². The van der Waals surface area contributed by atoms with Crippen LogP contribution in [0.15, 0.2) is 24.3 Å². The van der Waals surface area contributed by atoms with E-state index in [1.165, 1.54) is 18.2 Å². The van der Waals surface area contributed by atoms with E-state index in [9.17, 15) is 13.6 Å². The third-order valence-electron chi connectivity index (χ3n) is 2.78. The molecule has 5 heteroatoms. The number of benzene rings is 1. The number of rotatable bonds is 3. The Morgan fingerprint density at radius 2 is 2.29 bits per heavy atom. The molecule has 3 nitrogen and oxygen atoms in total. The standard InChI is InChI=1S/C12H14F2N2O/c13-11(14)8-3-1-4-9(7-8)16-12(17)10-5-2-6-15-10/h1,3-4,7,10-11,15H,2,5-6H2,(H,16,17). The van der Waals surface area contributed by atoms with Crippen LogP contribution >= 0.6 is 0 Å². The fourth-order valence-corrected chi connectivity index (χ4v) is 1.89. The van der Waals surface area contributed by atoms with Crippen molar-refractivity contribution < 1.29 is 13.6 Å². The molecule has 1 heterocycles. The molecule has 0 spiro atoms. The van der Waals surface area contributed by atoms with Gasteiger partial charge in [0.15, 0.2) is 0 Å². The van der Waals surface area contributed by atoms with Crippen LogP contribution in [0.3, 0.4) is 0 Å². The lowest BCUT2D eigenvalue weighted by Gasteiger charge is -2.11. The SMILES string of the molecule is O=C(Nc1cccc(C(F)F)c1)C1CCCN1. The van der Waals surface area contributed by atoms with Crippen molar-refractivity contribution in [2.24, 2.45) is 0 Å². The monoisotopic (exact) mass is 240 g/mol. The van der Waals surface area contributed by atoms with E-state index in [0.29, 0.717) is 5.69 Å². The van der Waals surface area contributed by atoms with Crippen molar-refractivity contribution in [3.8, 4) is 0 Å². The molecule has 1 aromatic carbocycles. The average molecular weight is 240 g/mol. The van der Waals surface area contributed by atoms with Crippen LogP contribution in [0.1, 0.15) is 24.8 Å². The smallest absolute Gasteiger partial charge is 0.263 e. The lowest BCUT2D eigenvalue weighted by atomic mass is 10.2. The van der Waals surface area contributed by atoms with E-state index in [0.717, 1.165) is 19.4 Å². The summed E-state index contributed by atoms with van der Waals surface area (Å²) in [4.78, 5) is 11.7. The van der Waals surface area contributed by atoms with Gasteiger partial charge in [-0.2, -0.15) is 0 Å². The van der Waals surface area contributed by atoms with Crippen LogP contribution in [0.5, 0.6) is 0 Å². The van der Waals surface area contributed by atoms with Crippen LogP contribution in [-0.4, -0.2) is 18.5 Å². The molecule has 1 aliphatic rings. The molecule has 17 heavy (non-hydrogen) atoms. The van der Waals surface area contributed by atoms with E-state index in [4.69, 9.17) is 0 Å². The minimum atomic E-state index is -2.52. The number of alkyl halides is 2. The molecular weight excluding hydrogens is 226 g/mol. The first kappa shape index (κ1) is 12.0. The van der Waals surface area contributed by atoms with Crippen molar-refractivity contribution in [2.45, 2.75) is 25.3 Å². The molecule has 92 valence electrons. The highest BCUT2D eigenvalue weighted by molar-refractivity contribution is 5.95. The van der Waals surface area contributed by atoms with E-state index in [-0.39, 0.29) is 17.5 Å². The zero-order valence-electron chi connectivity index (χ0n) is 9.25. The van der Waals surface area contributed by atoms with Crippen LogP contribution in [0.4, 0.5) is 14.5 Å². The van der Waals surface area contributed by atoms with Gasteiger partial charge >= 0.3 is 0 Å².